The van der Waals surface area contributed by atoms with Crippen molar-refractivity contribution in [1.82, 2.24) is 4.31 Å². The Balaban J connectivity index is 1.43. The summed E-state index contributed by atoms with van der Waals surface area (Å²) in [6.45, 7) is 3.29. The molecule has 0 aliphatic rings. The van der Waals surface area contributed by atoms with Gasteiger partial charge in [0, 0.05) is 29.9 Å². The van der Waals surface area contributed by atoms with E-state index >= 15 is 0 Å². The largest absolute Gasteiger partial charge is 0.377 e. The molecule has 0 spiro atoms. The number of unbranched alkanes of at least 4 members (excludes halogenated alkanes) is 6. The van der Waals surface area contributed by atoms with Crippen LogP contribution >= 0.6 is 0 Å². The highest BCUT2D eigenvalue weighted by atomic mass is 32.2. The second-order valence-electron chi connectivity index (χ2n) is 12.0. The first-order chi connectivity index (χ1) is 23.8. The van der Waals surface area contributed by atoms with Crippen molar-refractivity contribution in [2.75, 3.05) is 12.4 Å². The van der Waals surface area contributed by atoms with E-state index in [2.05, 4.69) is 12.1 Å². The van der Waals surface area contributed by atoms with Crippen molar-refractivity contribution in [3.63, 3.8) is 0 Å². The number of aryl methyl sites for hydroxylation is 1. The van der Waals surface area contributed by atoms with Crippen LogP contribution in [0.1, 0.15) is 61.6 Å². The van der Waals surface area contributed by atoms with Crippen molar-refractivity contribution in [2.45, 2.75) is 80.9 Å². The van der Waals surface area contributed by atoms with E-state index in [-0.39, 0.29) is 17.2 Å². The van der Waals surface area contributed by atoms with Gasteiger partial charge in [-0.3, -0.25) is 14.3 Å². The molecule has 2 atom stereocenters. The molecule has 0 fully saturated rings. The van der Waals surface area contributed by atoms with Gasteiger partial charge in [-0.25, -0.2) is 8.42 Å². The van der Waals surface area contributed by atoms with Gasteiger partial charge in [-0.05, 0) is 55.5 Å². The van der Waals surface area contributed by atoms with E-state index in [1.165, 1.54) is 34.1 Å². The van der Waals surface area contributed by atoms with Crippen molar-refractivity contribution >= 4 is 26.5 Å². The molecule has 49 heavy (non-hydrogen) atoms. The summed E-state index contributed by atoms with van der Waals surface area (Å²) in [6, 6.07) is 31.2. The molecule has 0 saturated heterocycles. The van der Waals surface area contributed by atoms with Gasteiger partial charge in [0.15, 0.2) is 4.90 Å². The zero-order valence-corrected chi connectivity index (χ0v) is 29.7. The Morgan fingerprint density at radius 3 is 2.06 bits per heavy atom. The van der Waals surface area contributed by atoms with Crippen molar-refractivity contribution in [1.29, 1.82) is 0 Å². The van der Waals surface area contributed by atoms with E-state index in [9.17, 15) is 22.7 Å². The van der Waals surface area contributed by atoms with Crippen LogP contribution in [-0.4, -0.2) is 40.3 Å². The van der Waals surface area contributed by atoms with Gasteiger partial charge in [-0.15, -0.1) is 0 Å². The van der Waals surface area contributed by atoms with Crippen LogP contribution < -0.4 is 0 Å². The van der Waals surface area contributed by atoms with Crippen LogP contribution in [0.4, 0.5) is 5.69 Å². The lowest BCUT2D eigenvalue weighted by molar-refractivity contribution is -0.387. The summed E-state index contributed by atoms with van der Waals surface area (Å²) in [5.41, 5.74) is 2.43. The Hall–Kier alpha value is -3.96. The summed E-state index contributed by atoms with van der Waals surface area (Å²) < 4.78 is 49.3. The van der Waals surface area contributed by atoms with Gasteiger partial charge in [0.25, 0.3) is 15.7 Å². The SMILES string of the molecule is Cc1ccc([S@](=O)C[C@@H](/C=C/CCCCCCCCOCc2ccccc2)N(Cc2ccccc2)S(=O)(=O)c2ccccc2[N+](=O)[O-])cc1. The molecule has 0 amide bonds. The van der Waals surface area contributed by atoms with Crippen LogP contribution in [0.25, 0.3) is 0 Å². The van der Waals surface area contributed by atoms with Crippen molar-refractivity contribution in [3.05, 3.63) is 148 Å². The normalized spacial score (nSPS) is 13.1. The number of nitro benzene ring substituents is 1. The van der Waals surface area contributed by atoms with E-state index in [1.807, 2.05) is 79.7 Å². The molecule has 0 unspecified atom stereocenters. The number of para-hydroxylation sites is 1. The number of rotatable bonds is 21. The minimum Gasteiger partial charge on any atom is -0.377 e. The average molecular weight is 703 g/mol. The van der Waals surface area contributed by atoms with Gasteiger partial charge in [-0.2, -0.15) is 4.31 Å². The molecule has 10 heteroatoms. The fourth-order valence-corrected chi connectivity index (χ4v) is 8.52. The van der Waals surface area contributed by atoms with Crippen LogP contribution in [0, 0.1) is 17.0 Å². The predicted octanol–water partition coefficient (Wildman–Crippen LogP) is 8.77. The highest BCUT2D eigenvalue weighted by Gasteiger charge is 2.36. The van der Waals surface area contributed by atoms with E-state index in [1.54, 1.807) is 12.1 Å². The van der Waals surface area contributed by atoms with Crippen LogP contribution in [0.2, 0.25) is 0 Å². The zero-order chi connectivity index (χ0) is 34.9. The molecule has 4 rings (SSSR count). The predicted molar refractivity (Wildman–Crippen MR) is 196 cm³/mol. The minimum atomic E-state index is -4.39. The van der Waals surface area contributed by atoms with Gasteiger partial charge in [0.05, 0.1) is 28.4 Å². The Morgan fingerprint density at radius 2 is 1.39 bits per heavy atom. The Labute approximate surface area is 293 Å². The molecule has 0 aliphatic heterocycles. The summed E-state index contributed by atoms with van der Waals surface area (Å²) in [5, 5.41) is 11.9. The molecule has 8 nitrogen and oxygen atoms in total. The third-order valence-corrected chi connectivity index (χ3v) is 11.5. The van der Waals surface area contributed by atoms with E-state index in [0.29, 0.717) is 11.5 Å². The second kappa shape index (κ2) is 19.9. The number of nitrogens with zero attached hydrogens (tertiary/aromatic N) is 2. The number of ether oxygens (including phenoxy) is 1. The van der Waals surface area contributed by atoms with Crippen LogP contribution in [0.5, 0.6) is 0 Å². The highest BCUT2D eigenvalue weighted by molar-refractivity contribution is 7.89. The summed E-state index contributed by atoms with van der Waals surface area (Å²) >= 11 is 0. The average Bonchev–Trinajstić information content (AvgIpc) is 3.11. The topological polar surface area (TPSA) is 107 Å². The number of benzene rings is 4. The molecule has 0 heterocycles. The molecule has 0 saturated carbocycles. The third-order valence-electron chi connectivity index (χ3n) is 8.18. The Bertz CT molecular complexity index is 1750. The van der Waals surface area contributed by atoms with E-state index in [0.717, 1.165) is 62.7 Å². The molecule has 4 aromatic rings. The number of nitro groups is 1. The molecule has 0 radical (unpaired) electrons. The van der Waals surface area contributed by atoms with Gasteiger partial charge in [0.1, 0.15) is 0 Å². The number of allylic oxidation sites excluding steroid dienone is 1. The summed E-state index contributed by atoms with van der Waals surface area (Å²) in [6.07, 6.45) is 10.8. The van der Waals surface area contributed by atoms with Gasteiger partial charge >= 0.3 is 0 Å². The maximum absolute atomic E-state index is 14.3. The van der Waals surface area contributed by atoms with Gasteiger partial charge in [-0.1, -0.05) is 128 Å². The first-order valence-corrected chi connectivity index (χ1v) is 19.5. The van der Waals surface area contributed by atoms with Crippen molar-refractivity contribution in [2.24, 2.45) is 0 Å². The highest BCUT2D eigenvalue weighted by Crippen LogP contribution is 2.30. The van der Waals surface area contributed by atoms with Gasteiger partial charge in [0.2, 0.25) is 0 Å². The zero-order valence-electron chi connectivity index (χ0n) is 28.1. The minimum absolute atomic E-state index is 0.00139. The first kappa shape index (κ1) is 37.9. The fourth-order valence-electron chi connectivity index (χ4n) is 5.46. The number of sulfonamides is 1. The molecule has 0 bridgehead atoms. The lowest BCUT2D eigenvalue weighted by Gasteiger charge is -2.29. The molecule has 260 valence electrons. The molecule has 0 aromatic heterocycles. The number of hydrogen-bond donors (Lipinski definition) is 0. The molecule has 4 aromatic carbocycles. The quantitative estimate of drug-likeness (QED) is 0.0372. The summed E-state index contributed by atoms with van der Waals surface area (Å²) in [7, 11) is -5.93. The lowest BCUT2D eigenvalue weighted by Crippen LogP contribution is -2.42. The summed E-state index contributed by atoms with van der Waals surface area (Å²) in [4.78, 5) is 11.4. The van der Waals surface area contributed by atoms with Crippen LogP contribution in [-0.2, 0) is 38.7 Å². The molecule has 0 N–H and O–H groups in total. The monoisotopic (exact) mass is 702 g/mol. The summed E-state index contributed by atoms with van der Waals surface area (Å²) in [5.74, 6) is -0.00139. The standard InChI is InChI=1S/C39H46N2O6S2/c1-33-25-27-37(28-26-33)48(44)32-36(22-14-6-4-2-3-5-7-17-29-47-31-35-20-12-9-13-21-35)40(30-34-18-10-8-11-19-34)49(45,46)39-24-16-15-23-38(39)41(42)43/h8-16,18-28,36H,2-7,17,29-32H2,1H3/b22-14+/t36-,48-/m1/s1. The Kier molecular flexibility index (Phi) is 15.4. The van der Waals surface area contributed by atoms with Gasteiger partial charge < -0.3 is 4.74 Å². The van der Waals surface area contributed by atoms with Crippen LogP contribution in [0.15, 0.2) is 131 Å². The lowest BCUT2D eigenvalue weighted by atomic mass is 10.1. The Morgan fingerprint density at radius 1 is 0.796 bits per heavy atom. The maximum atomic E-state index is 14.3. The fraction of sp³-hybridized carbons (Fsp3) is 0.333. The van der Waals surface area contributed by atoms with Crippen molar-refractivity contribution in [3.8, 4) is 0 Å². The van der Waals surface area contributed by atoms with Crippen molar-refractivity contribution < 1.29 is 22.3 Å². The van der Waals surface area contributed by atoms with Crippen LogP contribution in [0.3, 0.4) is 0 Å². The van der Waals surface area contributed by atoms with E-state index in [4.69, 9.17) is 4.74 Å². The second-order valence-corrected chi connectivity index (χ2v) is 15.4. The first-order valence-electron chi connectivity index (χ1n) is 16.8. The number of hydrogen-bond acceptors (Lipinski definition) is 6. The molecular formula is C39H46N2O6S2. The third kappa shape index (κ3) is 12.1. The molecular weight excluding hydrogens is 657 g/mol. The molecule has 0 aliphatic carbocycles. The van der Waals surface area contributed by atoms with E-state index < -0.39 is 37.5 Å². The maximum Gasteiger partial charge on any atom is 0.289 e. The smallest absolute Gasteiger partial charge is 0.289 e.